The minimum absolute atomic E-state index is 0.0885. The zero-order valence-corrected chi connectivity index (χ0v) is 22.4. The molecule has 0 fully saturated rings. The van der Waals surface area contributed by atoms with Crippen molar-refractivity contribution in [3.63, 3.8) is 0 Å². The summed E-state index contributed by atoms with van der Waals surface area (Å²) < 4.78 is 68.5. The summed E-state index contributed by atoms with van der Waals surface area (Å²) in [5.41, 5.74) is 8.65. The van der Waals surface area contributed by atoms with E-state index in [1.807, 2.05) is 6.07 Å². The molecule has 0 aromatic heterocycles. The number of rotatable bonds is 10. The maximum Gasteiger partial charge on any atom is 0.416 e. The van der Waals surface area contributed by atoms with E-state index < -0.39 is 33.1 Å². The second-order valence-electron chi connectivity index (χ2n) is 10.1. The third-order valence-electron chi connectivity index (χ3n) is 7.18. The molecule has 1 amide bonds. The van der Waals surface area contributed by atoms with Crippen LogP contribution in [-0.2, 0) is 27.7 Å². The van der Waals surface area contributed by atoms with Crippen molar-refractivity contribution < 1.29 is 26.4 Å². The van der Waals surface area contributed by atoms with Crippen LogP contribution in [0.4, 0.5) is 13.2 Å². The number of aryl methyl sites for hydroxylation is 2. The average Bonchev–Trinajstić information content (AvgIpc) is 2.91. The number of carbonyl (C=O) groups is 1. The first kappa shape index (κ1) is 29.0. The maximum atomic E-state index is 13.2. The Morgan fingerprint density at radius 1 is 1.13 bits per heavy atom. The molecule has 210 valence electrons. The van der Waals surface area contributed by atoms with E-state index >= 15 is 0 Å². The van der Waals surface area contributed by atoms with Crippen molar-refractivity contribution in [3.8, 4) is 0 Å². The van der Waals surface area contributed by atoms with Gasteiger partial charge in [0, 0.05) is 6.42 Å². The van der Waals surface area contributed by atoms with Crippen molar-refractivity contribution in [3.05, 3.63) is 94.6 Å². The van der Waals surface area contributed by atoms with Crippen LogP contribution >= 0.6 is 0 Å². The van der Waals surface area contributed by atoms with Gasteiger partial charge in [0.05, 0.1) is 22.9 Å². The zero-order chi connectivity index (χ0) is 28.0. The minimum Gasteiger partial charge on any atom is -0.349 e. The molecule has 39 heavy (non-hydrogen) atoms. The Labute approximate surface area is 227 Å². The second kappa shape index (κ2) is 12.5. The molecule has 3 atom stereocenters. The van der Waals surface area contributed by atoms with Gasteiger partial charge in [-0.1, -0.05) is 66.8 Å². The molecule has 4 rings (SSSR count). The summed E-state index contributed by atoms with van der Waals surface area (Å²) in [6.07, 6.45) is 2.30. The molecule has 10 heteroatoms. The molecule has 0 spiro atoms. The Morgan fingerprint density at radius 3 is 2.62 bits per heavy atom. The van der Waals surface area contributed by atoms with E-state index in [4.69, 9.17) is 5.73 Å². The van der Waals surface area contributed by atoms with Gasteiger partial charge in [-0.05, 0) is 67.3 Å². The molecule has 0 bridgehead atoms. The molecular formula is C29H34F3N3O3S. The average molecular weight is 562 g/mol. The molecule has 2 unspecified atom stereocenters. The highest BCUT2D eigenvalue weighted by Gasteiger charge is 2.37. The van der Waals surface area contributed by atoms with Gasteiger partial charge in [-0.15, -0.1) is 0 Å². The van der Waals surface area contributed by atoms with E-state index in [9.17, 15) is 26.4 Å². The lowest BCUT2D eigenvalue weighted by Crippen LogP contribution is -2.40. The van der Waals surface area contributed by atoms with Gasteiger partial charge in [0.2, 0.25) is 15.9 Å². The lowest BCUT2D eigenvalue weighted by molar-refractivity contribution is -0.122. The number of hydrogen-bond acceptors (Lipinski definition) is 4. The first-order valence-electron chi connectivity index (χ1n) is 13.2. The molecule has 0 saturated carbocycles. The van der Waals surface area contributed by atoms with Crippen molar-refractivity contribution in [2.75, 3.05) is 6.54 Å². The Balaban J connectivity index is 1.50. The molecule has 6 nitrogen and oxygen atoms in total. The third-order valence-corrected chi connectivity index (χ3v) is 8.92. The SMILES string of the molecule is NCCCc1ccc2c(c1)CCCC2NC(=O)C[C@@H](NS(=O)(=O)C1C=C(C(F)(F)F)C=CC1)c1ccccc1. The Kier molecular flexibility index (Phi) is 9.30. The minimum atomic E-state index is -4.65. The van der Waals surface area contributed by atoms with Gasteiger partial charge >= 0.3 is 6.18 Å². The second-order valence-corrected chi connectivity index (χ2v) is 12.0. The Bertz CT molecular complexity index is 1320. The number of nitrogens with one attached hydrogen (secondary N) is 2. The molecule has 2 aromatic rings. The van der Waals surface area contributed by atoms with Crippen LogP contribution < -0.4 is 15.8 Å². The fourth-order valence-corrected chi connectivity index (χ4v) is 6.66. The summed E-state index contributed by atoms with van der Waals surface area (Å²) in [6.45, 7) is 0.624. The topological polar surface area (TPSA) is 101 Å². The van der Waals surface area contributed by atoms with Crippen LogP contribution in [0.1, 0.15) is 66.4 Å². The van der Waals surface area contributed by atoms with Crippen LogP contribution in [-0.4, -0.2) is 32.3 Å². The fourth-order valence-electron chi connectivity index (χ4n) is 5.17. The molecule has 2 aromatic carbocycles. The standard InChI is InChI=1S/C29H34F3N3O3S/c30-29(31,32)23-11-5-12-24(18-23)39(37,38)35-27(21-8-2-1-3-9-21)19-28(36)34-26-13-4-10-22-17-20(7-6-16-33)14-15-25(22)26/h1-3,5,8-9,11,14-15,17-18,24,26-27,35H,4,6-7,10,12-13,16,19,33H2,(H,34,36)/t24?,26?,27-/m1/s1. The van der Waals surface area contributed by atoms with E-state index in [-0.39, 0.29) is 24.8 Å². The number of fused-ring (bicyclic) bond motifs is 1. The van der Waals surface area contributed by atoms with Gasteiger partial charge in [-0.2, -0.15) is 13.2 Å². The van der Waals surface area contributed by atoms with Crippen molar-refractivity contribution in [1.29, 1.82) is 0 Å². The van der Waals surface area contributed by atoms with E-state index in [0.717, 1.165) is 49.8 Å². The maximum absolute atomic E-state index is 13.2. The van der Waals surface area contributed by atoms with Gasteiger partial charge in [-0.3, -0.25) is 4.79 Å². The van der Waals surface area contributed by atoms with Gasteiger partial charge in [0.1, 0.15) is 0 Å². The number of allylic oxidation sites excluding steroid dienone is 3. The van der Waals surface area contributed by atoms with Crippen molar-refractivity contribution >= 4 is 15.9 Å². The first-order valence-corrected chi connectivity index (χ1v) is 14.7. The molecule has 2 aliphatic carbocycles. The number of sulfonamides is 1. The van der Waals surface area contributed by atoms with Crippen LogP contribution in [0, 0.1) is 0 Å². The zero-order valence-electron chi connectivity index (χ0n) is 21.6. The highest BCUT2D eigenvalue weighted by Crippen LogP contribution is 2.33. The molecular weight excluding hydrogens is 527 g/mol. The van der Waals surface area contributed by atoms with Crippen LogP contribution in [0.15, 0.2) is 72.3 Å². The highest BCUT2D eigenvalue weighted by atomic mass is 32.2. The number of benzene rings is 2. The van der Waals surface area contributed by atoms with Gasteiger partial charge in [-0.25, -0.2) is 13.1 Å². The summed E-state index contributed by atoms with van der Waals surface area (Å²) in [4.78, 5) is 13.2. The largest absolute Gasteiger partial charge is 0.416 e. The summed E-state index contributed by atoms with van der Waals surface area (Å²) >= 11 is 0. The van der Waals surface area contributed by atoms with E-state index in [1.165, 1.54) is 17.2 Å². The van der Waals surface area contributed by atoms with E-state index in [1.54, 1.807) is 30.3 Å². The van der Waals surface area contributed by atoms with Crippen molar-refractivity contribution in [2.24, 2.45) is 5.73 Å². The fraction of sp³-hybridized carbons (Fsp3) is 0.414. The third kappa shape index (κ3) is 7.58. The van der Waals surface area contributed by atoms with Gasteiger partial charge < -0.3 is 11.1 Å². The molecule has 0 radical (unpaired) electrons. The summed E-state index contributed by atoms with van der Waals surface area (Å²) in [7, 11) is -4.23. The summed E-state index contributed by atoms with van der Waals surface area (Å²) in [5.74, 6) is -0.341. The number of halogens is 3. The van der Waals surface area contributed by atoms with E-state index in [2.05, 4.69) is 22.2 Å². The first-order chi connectivity index (χ1) is 18.6. The molecule has 0 heterocycles. The predicted molar refractivity (Wildman–Crippen MR) is 145 cm³/mol. The van der Waals surface area contributed by atoms with Crippen LogP contribution in [0.25, 0.3) is 0 Å². The lowest BCUT2D eigenvalue weighted by atomic mass is 9.86. The van der Waals surface area contributed by atoms with Crippen molar-refractivity contribution in [1.82, 2.24) is 10.0 Å². The number of alkyl halides is 3. The quantitative estimate of drug-likeness (QED) is 0.383. The molecule has 0 saturated heterocycles. The van der Waals surface area contributed by atoms with E-state index in [0.29, 0.717) is 12.1 Å². The summed E-state index contributed by atoms with van der Waals surface area (Å²) in [5, 5.41) is 1.67. The Morgan fingerprint density at radius 2 is 1.90 bits per heavy atom. The summed E-state index contributed by atoms with van der Waals surface area (Å²) in [6, 6.07) is 13.7. The number of nitrogens with two attached hydrogens (primary N) is 1. The number of amides is 1. The molecule has 0 aliphatic heterocycles. The normalized spacial score (nSPS) is 20.2. The highest BCUT2D eigenvalue weighted by molar-refractivity contribution is 7.90. The van der Waals surface area contributed by atoms with Crippen LogP contribution in [0.5, 0.6) is 0 Å². The van der Waals surface area contributed by atoms with Gasteiger partial charge in [0.15, 0.2) is 0 Å². The number of hydrogen-bond donors (Lipinski definition) is 3. The number of carbonyl (C=O) groups excluding carboxylic acids is 1. The van der Waals surface area contributed by atoms with Crippen LogP contribution in [0.2, 0.25) is 0 Å². The smallest absolute Gasteiger partial charge is 0.349 e. The predicted octanol–water partition coefficient (Wildman–Crippen LogP) is 4.94. The van der Waals surface area contributed by atoms with Crippen LogP contribution in [0.3, 0.4) is 0 Å². The molecule has 2 aliphatic rings. The van der Waals surface area contributed by atoms with Gasteiger partial charge in [0.25, 0.3) is 0 Å². The molecule has 4 N–H and O–H groups in total. The lowest BCUT2D eigenvalue weighted by Gasteiger charge is -2.28. The monoisotopic (exact) mass is 561 g/mol. The Hall–Kier alpha value is -2.95. The van der Waals surface area contributed by atoms with Crippen molar-refractivity contribution in [2.45, 2.75) is 68.5 Å².